The topological polar surface area (TPSA) is 91.5 Å². The summed E-state index contributed by atoms with van der Waals surface area (Å²) in [6, 6.07) is 10.2. The first-order chi connectivity index (χ1) is 13.2. The first-order valence-corrected chi connectivity index (χ1v) is 9.09. The van der Waals surface area contributed by atoms with Gasteiger partial charge in [0.1, 0.15) is 35.6 Å². The molecule has 0 spiro atoms. The van der Waals surface area contributed by atoms with Gasteiger partial charge in [-0.15, -0.1) is 0 Å². The lowest BCUT2D eigenvalue weighted by Crippen LogP contribution is -2.03. The number of anilines is 1. The fourth-order valence-corrected chi connectivity index (χ4v) is 2.74. The Hall–Kier alpha value is -3.27. The summed E-state index contributed by atoms with van der Waals surface area (Å²) < 4.78 is 71.3. The van der Waals surface area contributed by atoms with Crippen LogP contribution in [0.3, 0.4) is 0 Å². The van der Waals surface area contributed by atoms with Gasteiger partial charge in [0.25, 0.3) is 0 Å². The maximum Gasteiger partial charge on any atom is 0.488 e. The van der Waals surface area contributed by atoms with E-state index in [1.807, 2.05) is 0 Å². The van der Waals surface area contributed by atoms with Crippen molar-refractivity contribution < 1.29 is 30.0 Å². The lowest BCUT2D eigenvalue weighted by Gasteiger charge is -2.11. The third-order valence-corrected chi connectivity index (χ3v) is 4.05. The number of nitrogen functional groups attached to an aromatic ring is 1. The number of hydrogen-bond donors (Lipinski definition) is 1. The zero-order chi connectivity index (χ0) is 20.3. The second-order valence-electron chi connectivity index (χ2n) is 5.62. The molecule has 28 heavy (non-hydrogen) atoms. The molecule has 6 nitrogen and oxygen atoms in total. The molecule has 0 aliphatic carbocycles. The molecule has 2 N–H and O–H groups in total. The van der Waals surface area contributed by atoms with Crippen LogP contribution < -0.4 is 14.7 Å². The Bertz CT molecular complexity index is 1080. The number of pyridine rings is 1. The molecule has 0 radical (unpaired) electrons. The molecule has 3 aromatic rings. The number of halogens is 3. The van der Waals surface area contributed by atoms with Crippen molar-refractivity contribution >= 4 is 16.3 Å². The van der Waals surface area contributed by atoms with Crippen LogP contribution in [-0.2, 0) is 17.1 Å². The van der Waals surface area contributed by atoms with Crippen LogP contribution in [0.1, 0.15) is 5.56 Å². The van der Waals surface area contributed by atoms with Crippen molar-refractivity contribution in [2.45, 2.75) is 6.61 Å². The minimum atomic E-state index is -5.14. The average molecular weight is 410 g/mol. The Kier molecular flexibility index (Phi) is 5.41. The third kappa shape index (κ3) is 4.92. The minimum absolute atomic E-state index is 0.174. The lowest BCUT2D eigenvalue weighted by atomic mass is 10.0. The van der Waals surface area contributed by atoms with Crippen LogP contribution in [0.15, 0.2) is 54.7 Å². The number of benzene rings is 2. The van der Waals surface area contributed by atoms with Gasteiger partial charge in [-0.05, 0) is 59.7 Å². The maximum atomic E-state index is 14.4. The number of hydrogen-bond acceptors (Lipinski definition) is 6. The van der Waals surface area contributed by atoms with Crippen molar-refractivity contribution in [3.63, 3.8) is 0 Å². The first kappa shape index (κ1) is 19.5. The zero-order valence-corrected chi connectivity index (χ0v) is 14.9. The number of rotatable bonds is 6. The molecule has 0 aliphatic heterocycles. The zero-order valence-electron chi connectivity index (χ0n) is 14.1. The van der Waals surface area contributed by atoms with Crippen LogP contribution in [0.5, 0.6) is 11.5 Å². The van der Waals surface area contributed by atoms with Gasteiger partial charge in [0.05, 0.1) is 5.56 Å². The molecule has 1 heterocycles. The molecule has 10 heteroatoms. The SMILES string of the molecule is Nc1cc(-c2cc(F)c(COc3ccc(OS(=O)(=O)F)cc3)c(F)c2)ccn1. The standard InChI is InChI=1S/C18H13F3N2O4S/c19-16-7-12(11-5-6-23-18(22)9-11)8-17(20)15(16)10-26-13-1-3-14(4-2-13)27-28(21,24)25/h1-9H,10H2,(H2,22,23). The second-order valence-corrected chi connectivity index (χ2v) is 6.58. The molecule has 0 aliphatic rings. The Morgan fingerprint density at radius 1 is 0.929 bits per heavy atom. The van der Waals surface area contributed by atoms with E-state index in [0.29, 0.717) is 11.1 Å². The summed E-state index contributed by atoms with van der Waals surface area (Å²) in [4.78, 5) is 3.82. The van der Waals surface area contributed by atoms with Crippen LogP contribution >= 0.6 is 0 Å². The molecular weight excluding hydrogens is 397 g/mol. The van der Waals surface area contributed by atoms with Gasteiger partial charge >= 0.3 is 10.5 Å². The van der Waals surface area contributed by atoms with Gasteiger partial charge < -0.3 is 14.7 Å². The van der Waals surface area contributed by atoms with Gasteiger partial charge in [-0.2, -0.15) is 8.42 Å². The highest BCUT2D eigenvalue weighted by atomic mass is 32.3. The smallest absolute Gasteiger partial charge is 0.488 e. The maximum absolute atomic E-state index is 14.4. The van der Waals surface area contributed by atoms with Gasteiger partial charge in [0.2, 0.25) is 0 Å². The summed E-state index contributed by atoms with van der Waals surface area (Å²) in [5.74, 6) is -1.50. The van der Waals surface area contributed by atoms with Crippen LogP contribution in [0.25, 0.3) is 11.1 Å². The van der Waals surface area contributed by atoms with Crippen LogP contribution in [0.2, 0.25) is 0 Å². The van der Waals surface area contributed by atoms with E-state index in [4.69, 9.17) is 10.5 Å². The second kappa shape index (κ2) is 7.77. The lowest BCUT2D eigenvalue weighted by molar-refractivity contribution is 0.292. The van der Waals surface area contributed by atoms with Crippen LogP contribution in [0, 0.1) is 11.6 Å². The van der Waals surface area contributed by atoms with Gasteiger partial charge in [0.15, 0.2) is 0 Å². The summed E-state index contributed by atoms with van der Waals surface area (Å²) in [5, 5.41) is 0. The summed E-state index contributed by atoms with van der Waals surface area (Å²) >= 11 is 0. The Morgan fingerprint density at radius 2 is 1.54 bits per heavy atom. The van der Waals surface area contributed by atoms with E-state index >= 15 is 0 Å². The van der Waals surface area contributed by atoms with E-state index in [-0.39, 0.29) is 22.9 Å². The fourth-order valence-electron chi connectivity index (χ4n) is 2.40. The summed E-state index contributed by atoms with van der Waals surface area (Å²) in [5.41, 5.74) is 6.09. The summed E-state index contributed by atoms with van der Waals surface area (Å²) in [6.07, 6.45) is 1.43. The molecular formula is C18H13F3N2O4S. The van der Waals surface area contributed by atoms with Crippen LogP contribution in [0.4, 0.5) is 18.5 Å². The van der Waals surface area contributed by atoms with Crippen molar-refractivity contribution in [1.29, 1.82) is 0 Å². The molecule has 0 saturated carbocycles. The number of aromatic nitrogens is 1. The Labute approximate surface area is 158 Å². The van der Waals surface area contributed by atoms with Crippen molar-refractivity contribution in [2.75, 3.05) is 5.73 Å². The van der Waals surface area contributed by atoms with Gasteiger partial charge in [-0.25, -0.2) is 13.8 Å². The molecule has 1 aromatic heterocycles. The quantitative estimate of drug-likeness (QED) is 0.622. The molecule has 2 aromatic carbocycles. The molecule has 0 unspecified atom stereocenters. The van der Waals surface area contributed by atoms with Crippen molar-refractivity contribution in [3.05, 3.63) is 71.9 Å². The Morgan fingerprint density at radius 3 is 2.11 bits per heavy atom. The summed E-state index contributed by atoms with van der Waals surface area (Å²) in [7, 11) is -5.14. The predicted molar refractivity (Wildman–Crippen MR) is 95.4 cm³/mol. The van der Waals surface area contributed by atoms with E-state index in [2.05, 4.69) is 9.17 Å². The molecule has 3 rings (SSSR count). The van der Waals surface area contributed by atoms with Crippen molar-refractivity contribution in [3.8, 4) is 22.6 Å². The molecule has 0 amide bonds. The number of nitrogens with zero attached hydrogens (tertiary/aromatic N) is 1. The highest BCUT2D eigenvalue weighted by molar-refractivity contribution is 7.81. The molecule has 146 valence electrons. The molecule has 0 saturated heterocycles. The fraction of sp³-hybridized carbons (Fsp3) is 0.0556. The molecule has 0 fully saturated rings. The molecule has 0 atom stereocenters. The van der Waals surface area contributed by atoms with Gasteiger partial charge in [-0.1, -0.05) is 3.89 Å². The van der Waals surface area contributed by atoms with Crippen molar-refractivity contribution in [1.82, 2.24) is 4.98 Å². The van der Waals surface area contributed by atoms with Gasteiger partial charge in [-0.3, -0.25) is 0 Å². The highest BCUT2D eigenvalue weighted by Crippen LogP contribution is 2.26. The van der Waals surface area contributed by atoms with E-state index in [1.165, 1.54) is 24.4 Å². The highest BCUT2D eigenvalue weighted by Gasteiger charge is 2.14. The van der Waals surface area contributed by atoms with E-state index < -0.39 is 28.7 Å². The largest absolute Gasteiger partial charge is 0.489 e. The normalized spacial score (nSPS) is 11.2. The van der Waals surface area contributed by atoms with E-state index in [1.54, 1.807) is 6.07 Å². The van der Waals surface area contributed by atoms with Gasteiger partial charge in [0, 0.05) is 6.20 Å². The third-order valence-electron chi connectivity index (χ3n) is 3.66. The number of ether oxygens (including phenoxy) is 1. The number of nitrogens with two attached hydrogens (primary N) is 1. The Balaban J connectivity index is 1.74. The monoisotopic (exact) mass is 410 g/mol. The molecule has 0 bridgehead atoms. The van der Waals surface area contributed by atoms with Crippen molar-refractivity contribution in [2.24, 2.45) is 0 Å². The minimum Gasteiger partial charge on any atom is -0.489 e. The average Bonchev–Trinajstić information content (AvgIpc) is 2.61. The summed E-state index contributed by atoms with van der Waals surface area (Å²) in [6.45, 7) is -0.419. The van der Waals surface area contributed by atoms with Crippen LogP contribution in [-0.4, -0.2) is 13.4 Å². The van der Waals surface area contributed by atoms with E-state index in [9.17, 15) is 21.1 Å². The predicted octanol–water partition coefficient (Wildman–Crippen LogP) is 3.78. The first-order valence-electron chi connectivity index (χ1n) is 7.78. The van der Waals surface area contributed by atoms with E-state index in [0.717, 1.165) is 24.3 Å².